The number of fused-ring (bicyclic) bond motifs is 2. The lowest BCUT2D eigenvalue weighted by atomic mass is 9.99. The van der Waals surface area contributed by atoms with Gasteiger partial charge in [0.1, 0.15) is 23.5 Å². The molecule has 1 aromatic carbocycles. The standard InChI is InChI=1S/C22H9N3O3S/c23-10-12(11-24)19-14-4-1-2-5-15(14)20(26)16(19)8-13-9-18-21(28-13)25-22(29-18)17-6-3-7-27-17/h1-9H/b16-8-. The maximum Gasteiger partial charge on any atom is 0.238 e. The minimum Gasteiger partial charge on any atom is -0.462 e. The largest absolute Gasteiger partial charge is 0.462 e. The molecule has 6 nitrogen and oxygen atoms in total. The van der Waals surface area contributed by atoms with Crippen molar-refractivity contribution in [2.75, 3.05) is 0 Å². The van der Waals surface area contributed by atoms with Gasteiger partial charge in [0.15, 0.2) is 16.6 Å². The second-order valence-corrected chi connectivity index (χ2v) is 7.25. The van der Waals surface area contributed by atoms with E-state index in [-0.39, 0.29) is 16.9 Å². The summed E-state index contributed by atoms with van der Waals surface area (Å²) in [4.78, 5) is 17.3. The first-order valence-electron chi connectivity index (χ1n) is 8.54. The maximum atomic E-state index is 12.9. The normalized spacial score (nSPS) is 14.2. The van der Waals surface area contributed by atoms with Crippen LogP contribution < -0.4 is 0 Å². The first-order chi connectivity index (χ1) is 14.2. The smallest absolute Gasteiger partial charge is 0.238 e. The van der Waals surface area contributed by atoms with Crippen LogP contribution in [-0.2, 0) is 0 Å². The van der Waals surface area contributed by atoms with Gasteiger partial charge in [-0.3, -0.25) is 4.79 Å². The van der Waals surface area contributed by atoms with Gasteiger partial charge in [-0.05, 0) is 23.8 Å². The molecule has 29 heavy (non-hydrogen) atoms. The van der Waals surface area contributed by atoms with Crippen molar-refractivity contribution in [3.05, 3.63) is 76.8 Å². The Bertz CT molecular complexity index is 1390. The van der Waals surface area contributed by atoms with Gasteiger partial charge in [0.2, 0.25) is 5.71 Å². The average Bonchev–Trinajstić information content (AvgIpc) is 3.49. The summed E-state index contributed by atoms with van der Waals surface area (Å²) in [5, 5.41) is 19.4. The highest BCUT2D eigenvalue weighted by atomic mass is 32.1. The van der Waals surface area contributed by atoms with Crippen LogP contribution in [0.4, 0.5) is 0 Å². The highest BCUT2D eigenvalue weighted by Crippen LogP contribution is 2.40. The SMILES string of the molecule is N#CC(C#N)=C1/C(=C/c2cc3sc(-c4ccco4)nc3o2)C(=O)c2ccccc21. The molecule has 0 N–H and O–H groups in total. The Morgan fingerprint density at radius 3 is 2.59 bits per heavy atom. The van der Waals surface area contributed by atoms with E-state index >= 15 is 0 Å². The maximum absolute atomic E-state index is 12.9. The van der Waals surface area contributed by atoms with Gasteiger partial charge in [-0.15, -0.1) is 11.3 Å². The third-order valence-electron chi connectivity index (χ3n) is 4.56. The minimum atomic E-state index is -0.248. The van der Waals surface area contributed by atoms with E-state index in [0.717, 1.165) is 4.70 Å². The summed E-state index contributed by atoms with van der Waals surface area (Å²) in [6.07, 6.45) is 3.14. The molecule has 5 rings (SSSR count). The second kappa shape index (κ2) is 6.45. The number of hydrogen-bond acceptors (Lipinski definition) is 7. The van der Waals surface area contributed by atoms with Crippen molar-refractivity contribution in [2.45, 2.75) is 0 Å². The van der Waals surface area contributed by atoms with Crippen LogP contribution in [0.25, 0.3) is 32.8 Å². The molecule has 136 valence electrons. The molecule has 0 unspecified atom stereocenters. The number of carbonyl (C=O) groups is 1. The van der Waals surface area contributed by atoms with Gasteiger partial charge in [-0.1, -0.05) is 24.3 Å². The van der Waals surface area contributed by atoms with E-state index in [1.165, 1.54) is 11.3 Å². The molecule has 0 spiro atoms. The first-order valence-corrected chi connectivity index (χ1v) is 9.36. The third kappa shape index (κ3) is 2.61. The van der Waals surface area contributed by atoms with Crippen molar-refractivity contribution >= 4 is 39.2 Å². The molecule has 3 aromatic heterocycles. The number of thiazole rings is 1. The molecule has 4 aromatic rings. The molecule has 0 bridgehead atoms. The van der Waals surface area contributed by atoms with Gasteiger partial charge in [0.25, 0.3) is 0 Å². The molecule has 7 heteroatoms. The van der Waals surface area contributed by atoms with Gasteiger partial charge in [0.05, 0.1) is 11.0 Å². The number of benzene rings is 1. The number of nitriles is 2. The van der Waals surface area contributed by atoms with Crippen LogP contribution in [0.3, 0.4) is 0 Å². The first kappa shape index (κ1) is 16.9. The summed E-state index contributed by atoms with van der Waals surface area (Å²) in [7, 11) is 0. The van der Waals surface area contributed by atoms with Crippen molar-refractivity contribution < 1.29 is 13.6 Å². The van der Waals surface area contributed by atoms with Crippen molar-refractivity contribution in [3.8, 4) is 22.9 Å². The van der Waals surface area contributed by atoms with Crippen molar-refractivity contribution in [1.82, 2.24) is 4.98 Å². The lowest BCUT2D eigenvalue weighted by Crippen LogP contribution is -1.95. The molecule has 0 fully saturated rings. The molecule has 0 atom stereocenters. The molecule has 0 radical (unpaired) electrons. The van der Waals surface area contributed by atoms with Gasteiger partial charge in [0, 0.05) is 22.8 Å². The van der Waals surface area contributed by atoms with Crippen LogP contribution in [0.2, 0.25) is 0 Å². The predicted octanol–water partition coefficient (Wildman–Crippen LogP) is 5.23. The second-order valence-electron chi connectivity index (χ2n) is 6.22. The number of Topliss-reactive ketones (excluding diaryl/α,β-unsaturated/α-hetero) is 1. The van der Waals surface area contributed by atoms with E-state index in [0.29, 0.717) is 38.9 Å². The van der Waals surface area contributed by atoms with E-state index in [1.54, 1.807) is 48.7 Å². The average molecular weight is 395 g/mol. The minimum absolute atomic E-state index is 0.110. The Morgan fingerprint density at radius 1 is 1.10 bits per heavy atom. The highest BCUT2D eigenvalue weighted by Gasteiger charge is 2.32. The molecular weight excluding hydrogens is 386 g/mol. The number of furan rings is 2. The Hall–Kier alpha value is -4.20. The quantitative estimate of drug-likeness (QED) is 0.340. The van der Waals surface area contributed by atoms with E-state index in [2.05, 4.69) is 4.98 Å². The van der Waals surface area contributed by atoms with E-state index < -0.39 is 0 Å². The fourth-order valence-corrected chi connectivity index (χ4v) is 4.22. The molecule has 0 saturated carbocycles. The summed E-state index contributed by atoms with van der Waals surface area (Å²) in [5.74, 6) is 0.830. The van der Waals surface area contributed by atoms with Gasteiger partial charge < -0.3 is 8.83 Å². The summed E-state index contributed by atoms with van der Waals surface area (Å²) >= 11 is 1.41. The number of nitrogens with zero attached hydrogens (tertiary/aromatic N) is 3. The molecule has 3 heterocycles. The van der Waals surface area contributed by atoms with E-state index in [1.807, 2.05) is 18.2 Å². The summed E-state index contributed by atoms with van der Waals surface area (Å²) in [6.45, 7) is 0. The number of allylic oxidation sites excluding steroid dienone is 3. The lowest BCUT2D eigenvalue weighted by molar-refractivity contribution is 0.104. The molecule has 1 aliphatic carbocycles. The van der Waals surface area contributed by atoms with Gasteiger partial charge in [-0.2, -0.15) is 15.5 Å². The van der Waals surface area contributed by atoms with Crippen LogP contribution in [0, 0.1) is 22.7 Å². The van der Waals surface area contributed by atoms with Crippen molar-refractivity contribution in [3.63, 3.8) is 0 Å². The molecule has 0 aliphatic heterocycles. The van der Waals surface area contributed by atoms with Crippen LogP contribution in [0.15, 0.2) is 68.7 Å². The zero-order valence-corrected chi connectivity index (χ0v) is 15.5. The molecule has 0 saturated heterocycles. The molecular formula is C22H9N3O3S. The fourth-order valence-electron chi connectivity index (χ4n) is 3.32. The number of rotatable bonds is 2. The van der Waals surface area contributed by atoms with Gasteiger partial charge in [-0.25, -0.2) is 0 Å². The highest BCUT2D eigenvalue weighted by molar-refractivity contribution is 7.21. The summed E-state index contributed by atoms with van der Waals surface area (Å²) in [5.41, 5.74) is 1.96. The monoisotopic (exact) mass is 395 g/mol. The number of aromatic nitrogens is 1. The zero-order valence-electron chi connectivity index (χ0n) is 14.7. The van der Waals surface area contributed by atoms with Crippen molar-refractivity contribution in [1.29, 1.82) is 10.5 Å². The number of carbonyl (C=O) groups excluding carboxylic acids is 1. The Kier molecular flexibility index (Phi) is 3.77. The topological polar surface area (TPSA) is 104 Å². The molecule has 0 amide bonds. The Morgan fingerprint density at radius 2 is 1.90 bits per heavy atom. The fraction of sp³-hybridized carbons (Fsp3) is 0. The van der Waals surface area contributed by atoms with Gasteiger partial charge >= 0.3 is 0 Å². The number of hydrogen-bond donors (Lipinski definition) is 0. The summed E-state index contributed by atoms with van der Waals surface area (Å²) in [6, 6.07) is 16.1. The van der Waals surface area contributed by atoms with Crippen LogP contribution in [0.1, 0.15) is 21.7 Å². The van der Waals surface area contributed by atoms with Crippen LogP contribution in [0.5, 0.6) is 0 Å². The predicted molar refractivity (Wildman–Crippen MR) is 106 cm³/mol. The number of ketones is 1. The molecule has 1 aliphatic rings. The van der Waals surface area contributed by atoms with Crippen LogP contribution >= 0.6 is 11.3 Å². The van der Waals surface area contributed by atoms with E-state index in [4.69, 9.17) is 8.83 Å². The van der Waals surface area contributed by atoms with E-state index in [9.17, 15) is 15.3 Å². The van der Waals surface area contributed by atoms with Crippen LogP contribution in [-0.4, -0.2) is 10.8 Å². The zero-order chi connectivity index (χ0) is 20.0. The third-order valence-corrected chi connectivity index (χ3v) is 5.55. The summed E-state index contributed by atoms with van der Waals surface area (Å²) < 4.78 is 11.9. The Labute approximate surface area is 168 Å². The Balaban J connectivity index is 1.63. The van der Waals surface area contributed by atoms with Crippen molar-refractivity contribution in [2.24, 2.45) is 0 Å². The lowest BCUT2D eigenvalue weighted by Gasteiger charge is -2.00.